The number of benzene rings is 1. The lowest BCUT2D eigenvalue weighted by molar-refractivity contribution is 0.0692. The molecule has 2 aromatic rings. The van der Waals surface area contributed by atoms with Gasteiger partial charge in [0.05, 0.1) is 12.7 Å². The lowest BCUT2D eigenvalue weighted by Gasteiger charge is -2.06. The van der Waals surface area contributed by atoms with E-state index in [2.05, 4.69) is 4.98 Å². The monoisotopic (exact) mass is 275 g/mol. The number of methoxy groups -OCH3 is 1. The molecule has 1 N–H and O–H groups in total. The van der Waals surface area contributed by atoms with Crippen LogP contribution in [0.1, 0.15) is 15.9 Å². The van der Waals surface area contributed by atoms with Gasteiger partial charge in [-0.2, -0.15) is 0 Å². The van der Waals surface area contributed by atoms with Crippen molar-refractivity contribution in [1.82, 2.24) is 4.98 Å². The molecule has 5 heteroatoms. The lowest BCUT2D eigenvalue weighted by Crippen LogP contribution is -1.99. The molecule has 1 aromatic heterocycles. The largest absolute Gasteiger partial charge is 0.497 e. The number of carboxylic acid groups (broad SMARTS) is 1. The zero-order valence-corrected chi connectivity index (χ0v) is 11.2. The lowest BCUT2D eigenvalue weighted by atomic mass is 10.2. The average molecular weight is 275 g/mol. The smallest absolute Gasteiger partial charge is 0.338 e. The predicted octanol–water partition coefficient (Wildman–Crippen LogP) is 3.08. The maximum absolute atomic E-state index is 11.0. The Balaban J connectivity index is 2.07. The van der Waals surface area contributed by atoms with Crippen LogP contribution in [0.25, 0.3) is 0 Å². The number of carbonyl (C=O) groups is 1. The van der Waals surface area contributed by atoms with Crippen LogP contribution in [0.2, 0.25) is 0 Å². The van der Waals surface area contributed by atoms with Crippen LogP contribution in [0.15, 0.2) is 47.6 Å². The number of hydrogen-bond donors (Lipinski definition) is 1. The van der Waals surface area contributed by atoms with Gasteiger partial charge in [-0.05, 0) is 23.8 Å². The van der Waals surface area contributed by atoms with Crippen LogP contribution in [0.4, 0.5) is 0 Å². The molecule has 0 saturated carbocycles. The van der Waals surface area contributed by atoms with Gasteiger partial charge in [-0.25, -0.2) is 4.79 Å². The van der Waals surface area contributed by atoms with Crippen LogP contribution in [0.5, 0.6) is 5.75 Å². The number of pyridine rings is 1. The number of nitrogens with zero attached hydrogens (tertiary/aromatic N) is 1. The highest BCUT2D eigenvalue weighted by atomic mass is 32.2. The van der Waals surface area contributed by atoms with Crippen molar-refractivity contribution >= 4 is 17.7 Å². The normalized spacial score (nSPS) is 10.2. The number of aromatic carboxylic acids is 1. The Morgan fingerprint density at radius 3 is 2.68 bits per heavy atom. The van der Waals surface area contributed by atoms with Crippen LogP contribution in [0.3, 0.4) is 0 Å². The van der Waals surface area contributed by atoms with E-state index in [1.54, 1.807) is 19.4 Å². The van der Waals surface area contributed by atoms with Crippen molar-refractivity contribution in [3.05, 3.63) is 53.9 Å². The van der Waals surface area contributed by atoms with Crippen molar-refractivity contribution in [1.29, 1.82) is 0 Å². The first kappa shape index (κ1) is 13.4. The topological polar surface area (TPSA) is 59.4 Å². The molecule has 0 atom stereocenters. The molecule has 4 nitrogen and oxygen atoms in total. The van der Waals surface area contributed by atoms with E-state index >= 15 is 0 Å². The highest BCUT2D eigenvalue weighted by molar-refractivity contribution is 7.98. The maximum Gasteiger partial charge on any atom is 0.338 e. The number of ether oxygens (including phenoxy) is 1. The van der Waals surface area contributed by atoms with Gasteiger partial charge in [0, 0.05) is 23.0 Å². The number of aromatic nitrogens is 1. The molecule has 98 valence electrons. The van der Waals surface area contributed by atoms with Crippen molar-refractivity contribution in [3.63, 3.8) is 0 Å². The van der Waals surface area contributed by atoms with Crippen molar-refractivity contribution in [3.8, 4) is 5.75 Å². The molecule has 0 unspecified atom stereocenters. The van der Waals surface area contributed by atoms with Gasteiger partial charge in [-0.1, -0.05) is 12.1 Å². The zero-order chi connectivity index (χ0) is 13.7. The third-order valence-corrected chi connectivity index (χ3v) is 3.71. The molecule has 0 radical (unpaired) electrons. The summed E-state index contributed by atoms with van der Waals surface area (Å²) in [5, 5.41) is 9.06. The number of thioether (sulfide) groups is 1. The molecule has 1 aromatic carbocycles. The fraction of sp³-hybridized carbons (Fsp3) is 0.143. The molecule has 0 bridgehead atoms. The first-order valence-corrected chi connectivity index (χ1v) is 6.62. The zero-order valence-electron chi connectivity index (χ0n) is 10.4. The van der Waals surface area contributed by atoms with E-state index in [4.69, 9.17) is 9.84 Å². The Morgan fingerprint density at radius 1 is 1.32 bits per heavy atom. The molecule has 0 amide bonds. The standard InChI is InChI=1S/C14H13NO3S/c1-18-11-4-2-10(3-5-11)9-19-13-6-7-15-8-12(13)14(16)17/h2-8H,9H2,1H3,(H,16,17). The number of hydrogen-bond acceptors (Lipinski definition) is 4. The van der Waals surface area contributed by atoms with Crippen molar-refractivity contribution in [2.24, 2.45) is 0 Å². The molecule has 1 heterocycles. The summed E-state index contributed by atoms with van der Waals surface area (Å²) in [7, 11) is 1.62. The second-order valence-electron chi connectivity index (χ2n) is 3.81. The van der Waals surface area contributed by atoms with E-state index in [1.165, 1.54) is 18.0 Å². The van der Waals surface area contributed by atoms with Gasteiger partial charge in [0.25, 0.3) is 0 Å². The number of carboxylic acids is 1. The Morgan fingerprint density at radius 2 is 2.05 bits per heavy atom. The molecule has 2 rings (SSSR count). The van der Waals surface area contributed by atoms with Crippen molar-refractivity contribution in [2.75, 3.05) is 7.11 Å². The van der Waals surface area contributed by atoms with Gasteiger partial charge < -0.3 is 9.84 Å². The maximum atomic E-state index is 11.0. The molecular weight excluding hydrogens is 262 g/mol. The van der Waals surface area contributed by atoms with E-state index in [1.807, 2.05) is 24.3 Å². The Hall–Kier alpha value is -2.01. The predicted molar refractivity (Wildman–Crippen MR) is 73.8 cm³/mol. The van der Waals surface area contributed by atoms with Crippen LogP contribution >= 0.6 is 11.8 Å². The average Bonchev–Trinajstić information content (AvgIpc) is 2.46. The van der Waals surface area contributed by atoms with E-state index in [-0.39, 0.29) is 5.56 Å². The molecule has 0 saturated heterocycles. The molecular formula is C14H13NO3S. The van der Waals surface area contributed by atoms with Gasteiger partial charge in [0.1, 0.15) is 5.75 Å². The van der Waals surface area contributed by atoms with E-state index in [0.717, 1.165) is 16.2 Å². The summed E-state index contributed by atoms with van der Waals surface area (Å²) in [6.07, 6.45) is 2.97. The fourth-order valence-electron chi connectivity index (χ4n) is 1.55. The molecule has 0 aliphatic rings. The van der Waals surface area contributed by atoms with E-state index in [0.29, 0.717) is 5.75 Å². The minimum absolute atomic E-state index is 0.237. The summed E-state index contributed by atoms with van der Waals surface area (Å²) in [6.45, 7) is 0. The van der Waals surface area contributed by atoms with Crippen molar-refractivity contribution in [2.45, 2.75) is 10.6 Å². The molecule has 0 fully saturated rings. The van der Waals surface area contributed by atoms with E-state index < -0.39 is 5.97 Å². The molecule has 19 heavy (non-hydrogen) atoms. The summed E-state index contributed by atoms with van der Waals surface area (Å²) >= 11 is 1.48. The summed E-state index contributed by atoms with van der Waals surface area (Å²) in [5.41, 5.74) is 1.35. The van der Waals surface area contributed by atoms with Gasteiger partial charge in [0.15, 0.2) is 0 Å². The molecule has 0 spiro atoms. The Kier molecular flexibility index (Phi) is 4.41. The highest BCUT2D eigenvalue weighted by Crippen LogP contribution is 2.26. The minimum Gasteiger partial charge on any atom is -0.497 e. The van der Waals surface area contributed by atoms with Gasteiger partial charge in [-0.3, -0.25) is 4.98 Å². The van der Waals surface area contributed by atoms with Crippen LogP contribution < -0.4 is 4.74 Å². The highest BCUT2D eigenvalue weighted by Gasteiger charge is 2.10. The van der Waals surface area contributed by atoms with Crippen LogP contribution in [-0.2, 0) is 5.75 Å². The molecule has 0 aliphatic carbocycles. The third-order valence-electron chi connectivity index (χ3n) is 2.56. The summed E-state index contributed by atoms with van der Waals surface area (Å²) in [6, 6.07) is 9.43. The SMILES string of the molecule is COc1ccc(CSc2ccncc2C(=O)O)cc1. The Bertz CT molecular complexity index is 569. The first-order chi connectivity index (χ1) is 9.20. The van der Waals surface area contributed by atoms with Crippen LogP contribution in [0, 0.1) is 0 Å². The third kappa shape index (κ3) is 3.48. The number of rotatable bonds is 5. The fourth-order valence-corrected chi connectivity index (χ4v) is 2.52. The van der Waals surface area contributed by atoms with Gasteiger partial charge in [0.2, 0.25) is 0 Å². The van der Waals surface area contributed by atoms with E-state index in [9.17, 15) is 4.79 Å². The summed E-state index contributed by atoms with van der Waals surface area (Å²) < 4.78 is 5.09. The van der Waals surface area contributed by atoms with Gasteiger partial charge in [-0.15, -0.1) is 11.8 Å². The second kappa shape index (κ2) is 6.24. The summed E-state index contributed by atoms with van der Waals surface area (Å²) in [5.74, 6) is 0.558. The first-order valence-electron chi connectivity index (χ1n) is 5.63. The second-order valence-corrected chi connectivity index (χ2v) is 4.83. The summed E-state index contributed by atoms with van der Waals surface area (Å²) in [4.78, 5) is 15.6. The van der Waals surface area contributed by atoms with Gasteiger partial charge >= 0.3 is 5.97 Å². The minimum atomic E-state index is -0.953. The quantitative estimate of drug-likeness (QED) is 0.850. The Labute approximate surface area is 115 Å². The van der Waals surface area contributed by atoms with Crippen molar-refractivity contribution < 1.29 is 14.6 Å². The molecule has 0 aliphatic heterocycles. The van der Waals surface area contributed by atoms with Crippen LogP contribution in [-0.4, -0.2) is 23.2 Å².